The van der Waals surface area contributed by atoms with Gasteiger partial charge in [0.1, 0.15) is 17.3 Å². The Morgan fingerprint density at radius 2 is 2.06 bits per heavy atom. The second-order valence-electron chi connectivity index (χ2n) is 4.42. The number of imidazole rings is 1. The lowest BCUT2D eigenvalue weighted by Gasteiger charge is -1.98. The van der Waals surface area contributed by atoms with Gasteiger partial charge in [-0.1, -0.05) is 6.07 Å². The molecule has 0 unspecified atom stereocenters. The molecule has 0 bridgehead atoms. The van der Waals surface area contributed by atoms with Crippen LogP contribution in [0.5, 0.6) is 0 Å². The van der Waals surface area contributed by atoms with Gasteiger partial charge in [-0.3, -0.25) is 0 Å². The third kappa shape index (κ3) is 2.02. The van der Waals surface area contributed by atoms with Crippen molar-refractivity contribution in [2.24, 2.45) is 5.73 Å². The van der Waals surface area contributed by atoms with Crippen LogP contribution in [0.4, 0.5) is 0 Å². The standard InChI is InChI=1S/C14H15N3O/c1-9-16-13-5-2-10(7-14(13)17-9)6-11-3-4-12(8-15)18-11/h2-5,7H,6,8,15H2,1H3,(H,16,17). The largest absolute Gasteiger partial charge is 0.464 e. The fourth-order valence-electron chi connectivity index (χ4n) is 2.12. The number of aryl methyl sites for hydroxylation is 1. The lowest BCUT2D eigenvalue weighted by molar-refractivity contribution is 0.475. The Morgan fingerprint density at radius 3 is 2.83 bits per heavy atom. The van der Waals surface area contributed by atoms with Crippen LogP contribution in [0.2, 0.25) is 0 Å². The Balaban J connectivity index is 1.89. The van der Waals surface area contributed by atoms with E-state index in [0.717, 1.165) is 34.8 Å². The van der Waals surface area contributed by atoms with Crippen LogP contribution in [-0.4, -0.2) is 9.97 Å². The van der Waals surface area contributed by atoms with Gasteiger partial charge in [0.2, 0.25) is 0 Å². The van der Waals surface area contributed by atoms with Crippen molar-refractivity contribution in [2.75, 3.05) is 0 Å². The molecule has 2 heterocycles. The highest BCUT2D eigenvalue weighted by molar-refractivity contribution is 5.75. The molecule has 92 valence electrons. The van der Waals surface area contributed by atoms with Crippen molar-refractivity contribution in [2.45, 2.75) is 19.9 Å². The molecule has 1 aromatic carbocycles. The molecule has 0 amide bonds. The number of nitrogens with one attached hydrogen (secondary N) is 1. The Bertz CT molecular complexity index is 681. The van der Waals surface area contributed by atoms with Crippen molar-refractivity contribution in [3.63, 3.8) is 0 Å². The molecular formula is C14H15N3O. The first kappa shape index (κ1) is 11.0. The maximum Gasteiger partial charge on any atom is 0.117 e. The number of rotatable bonds is 3. The predicted octanol–water partition coefficient (Wildman–Crippen LogP) is 2.51. The highest BCUT2D eigenvalue weighted by atomic mass is 16.3. The van der Waals surface area contributed by atoms with Gasteiger partial charge in [-0.2, -0.15) is 0 Å². The van der Waals surface area contributed by atoms with Crippen molar-refractivity contribution in [1.82, 2.24) is 9.97 Å². The first-order chi connectivity index (χ1) is 8.74. The normalized spacial score (nSPS) is 11.2. The number of nitrogens with zero attached hydrogens (tertiary/aromatic N) is 1. The molecule has 0 saturated heterocycles. The van der Waals surface area contributed by atoms with E-state index in [4.69, 9.17) is 10.2 Å². The Kier molecular flexibility index (Phi) is 2.64. The molecule has 2 aromatic heterocycles. The van der Waals surface area contributed by atoms with Crippen LogP contribution in [0.3, 0.4) is 0 Å². The van der Waals surface area contributed by atoms with Crippen LogP contribution in [0.25, 0.3) is 11.0 Å². The van der Waals surface area contributed by atoms with Crippen LogP contribution in [-0.2, 0) is 13.0 Å². The number of furan rings is 1. The summed E-state index contributed by atoms with van der Waals surface area (Å²) in [5.74, 6) is 2.69. The molecule has 0 aliphatic carbocycles. The molecule has 3 N–H and O–H groups in total. The number of hydrogen-bond acceptors (Lipinski definition) is 3. The van der Waals surface area contributed by atoms with Crippen LogP contribution in [0.15, 0.2) is 34.7 Å². The number of fused-ring (bicyclic) bond motifs is 1. The van der Waals surface area contributed by atoms with E-state index in [-0.39, 0.29) is 0 Å². The highest BCUT2D eigenvalue weighted by Gasteiger charge is 2.05. The second-order valence-corrected chi connectivity index (χ2v) is 4.42. The molecule has 3 rings (SSSR count). The molecule has 4 nitrogen and oxygen atoms in total. The Hall–Kier alpha value is -2.07. The van der Waals surface area contributed by atoms with E-state index in [2.05, 4.69) is 22.1 Å². The summed E-state index contributed by atoms with van der Waals surface area (Å²) in [6.07, 6.45) is 0.772. The lowest BCUT2D eigenvalue weighted by atomic mass is 10.1. The number of aromatic amines is 1. The van der Waals surface area contributed by atoms with Gasteiger partial charge in [-0.05, 0) is 36.8 Å². The van der Waals surface area contributed by atoms with Gasteiger partial charge < -0.3 is 15.1 Å². The first-order valence-corrected chi connectivity index (χ1v) is 5.97. The highest BCUT2D eigenvalue weighted by Crippen LogP contribution is 2.17. The third-order valence-electron chi connectivity index (χ3n) is 2.96. The van der Waals surface area contributed by atoms with Gasteiger partial charge >= 0.3 is 0 Å². The number of nitrogens with two attached hydrogens (primary N) is 1. The molecule has 0 spiro atoms. The molecule has 4 heteroatoms. The van der Waals surface area contributed by atoms with E-state index in [0.29, 0.717) is 6.54 Å². The Labute approximate surface area is 105 Å². The predicted molar refractivity (Wildman–Crippen MR) is 70.2 cm³/mol. The zero-order valence-corrected chi connectivity index (χ0v) is 10.2. The first-order valence-electron chi connectivity index (χ1n) is 5.97. The summed E-state index contributed by atoms with van der Waals surface area (Å²) in [6.45, 7) is 2.40. The van der Waals surface area contributed by atoms with Gasteiger partial charge in [0.05, 0.1) is 17.6 Å². The summed E-state index contributed by atoms with van der Waals surface area (Å²) in [6, 6.07) is 10.1. The second kappa shape index (κ2) is 4.31. The SMILES string of the molecule is Cc1nc2ccc(Cc3ccc(CN)o3)cc2[nH]1. The average molecular weight is 241 g/mol. The van der Waals surface area contributed by atoms with E-state index < -0.39 is 0 Å². The average Bonchev–Trinajstić information content (AvgIpc) is 2.94. The van der Waals surface area contributed by atoms with Gasteiger partial charge in [-0.25, -0.2) is 4.98 Å². The van der Waals surface area contributed by atoms with Crippen LogP contribution >= 0.6 is 0 Å². The monoisotopic (exact) mass is 241 g/mol. The van der Waals surface area contributed by atoms with Crippen molar-refractivity contribution < 1.29 is 4.42 Å². The van der Waals surface area contributed by atoms with E-state index >= 15 is 0 Å². The van der Waals surface area contributed by atoms with E-state index in [9.17, 15) is 0 Å². The number of benzene rings is 1. The van der Waals surface area contributed by atoms with Crippen LogP contribution in [0, 0.1) is 6.92 Å². The van der Waals surface area contributed by atoms with E-state index in [1.54, 1.807) is 0 Å². The minimum Gasteiger partial charge on any atom is -0.464 e. The maximum atomic E-state index is 5.60. The van der Waals surface area contributed by atoms with Crippen LogP contribution in [0.1, 0.15) is 22.9 Å². The molecule has 18 heavy (non-hydrogen) atoms. The molecule has 0 radical (unpaired) electrons. The summed E-state index contributed by atoms with van der Waals surface area (Å²) in [5, 5.41) is 0. The number of H-pyrrole nitrogens is 1. The summed E-state index contributed by atoms with van der Waals surface area (Å²) in [5.41, 5.74) is 8.79. The minimum atomic E-state index is 0.443. The molecule has 3 aromatic rings. The summed E-state index contributed by atoms with van der Waals surface area (Å²) < 4.78 is 5.60. The molecule has 0 aliphatic rings. The Morgan fingerprint density at radius 1 is 1.22 bits per heavy atom. The van der Waals surface area contributed by atoms with Gasteiger partial charge in [0.15, 0.2) is 0 Å². The van der Waals surface area contributed by atoms with Crippen molar-refractivity contribution in [1.29, 1.82) is 0 Å². The van der Waals surface area contributed by atoms with Crippen LogP contribution < -0.4 is 5.73 Å². The zero-order chi connectivity index (χ0) is 12.5. The molecular weight excluding hydrogens is 226 g/mol. The summed E-state index contributed by atoms with van der Waals surface area (Å²) in [7, 11) is 0. The number of aromatic nitrogens is 2. The number of hydrogen-bond donors (Lipinski definition) is 2. The molecule has 0 saturated carbocycles. The third-order valence-corrected chi connectivity index (χ3v) is 2.96. The molecule has 0 aliphatic heterocycles. The van der Waals surface area contributed by atoms with E-state index in [1.807, 2.05) is 25.1 Å². The lowest BCUT2D eigenvalue weighted by Crippen LogP contribution is -1.93. The fourth-order valence-corrected chi connectivity index (χ4v) is 2.12. The maximum absolute atomic E-state index is 5.60. The zero-order valence-electron chi connectivity index (χ0n) is 10.2. The molecule has 0 fully saturated rings. The van der Waals surface area contributed by atoms with Gasteiger partial charge in [-0.15, -0.1) is 0 Å². The van der Waals surface area contributed by atoms with Gasteiger partial charge in [0.25, 0.3) is 0 Å². The van der Waals surface area contributed by atoms with E-state index in [1.165, 1.54) is 5.56 Å². The molecule has 0 atom stereocenters. The minimum absolute atomic E-state index is 0.443. The summed E-state index contributed by atoms with van der Waals surface area (Å²) >= 11 is 0. The fraction of sp³-hybridized carbons (Fsp3) is 0.214. The van der Waals surface area contributed by atoms with Crippen molar-refractivity contribution in [3.8, 4) is 0 Å². The van der Waals surface area contributed by atoms with Gasteiger partial charge in [0, 0.05) is 6.42 Å². The van der Waals surface area contributed by atoms with Crippen molar-refractivity contribution in [3.05, 3.63) is 53.2 Å². The van der Waals surface area contributed by atoms with Crippen molar-refractivity contribution >= 4 is 11.0 Å². The quantitative estimate of drug-likeness (QED) is 0.740. The topological polar surface area (TPSA) is 67.8 Å². The smallest absolute Gasteiger partial charge is 0.117 e. The summed E-state index contributed by atoms with van der Waals surface area (Å²) in [4.78, 5) is 7.62.